The molecule has 0 unspecified atom stereocenters. The third-order valence-corrected chi connectivity index (χ3v) is 4.27. The molecule has 3 aromatic rings. The standard InChI is InChI=1S/C16H16F3N7/c1-8-7-26-13(22-8)4-3-12(25-26)10-5-20-14-11(10)6-21-15(24-14)23-9(2)16(17,18)19/h5-7,9H,3-4H2,1-2H3,(H2,20,21,23,24)/t9-/m0/s1. The molecule has 0 spiro atoms. The minimum Gasteiger partial charge on any atom is -0.345 e. The minimum atomic E-state index is -4.36. The van der Waals surface area contributed by atoms with Crippen molar-refractivity contribution in [2.45, 2.75) is 38.9 Å². The molecular formula is C16H16F3N7. The van der Waals surface area contributed by atoms with E-state index in [0.29, 0.717) is 17.5 Å². The van der Waals surface area contributed by atoms with Crippen LogP contribution in [-0.4, -0.2) is 42.5 Å². The number of nitrogens with zero attached hydrogens (tertiary/aromatic N) is 5. The summed E-state index contributed by atoms with van der Waals surface area (Å²) in [6.45, 7) is 2.94. The van der Waals surface area contributed by atoms with E-state index in [1.807, 2.05) is 13.1 Å². The Morgan fingerprint density at radius 1 is 1.27 bits per heavy atom. The van der Waals surface area contributed by atoms with E-state index in [0.717, 1.165) is 36.1 Å². The number of imidazole rings is 1. The van der Waals surface area contributed by atoms with E-state index in [1.165, 1.54) is 6.20 Å². The Morgan fingerprint density at radius 2 is 2.08 bits per heavy atom. The van der Waals surface area contributed by atoms with Crippen LogP contribution in [0.2, 0.25) is 0 Å². The summed E-state index contributed by atoms with van der Waals surface area (Å²) in [5.41, 5.74) is 3.06. The van der Waals surface area contributed by atoms with E-state index in [1.54, 1.807) is 10.9 Å². The summed E-state index contributed by atoms with van der Waals surface area (Å²) in [7, 11) is 0. The lowest BCUT2D eigenvalue weighted by molar-refractivity contribution is -0.138. The molecule has 0 radical (unpaired) electrons. The van der Waals surface area contributed by atoms with Gasteiger partial charge in [0.25, 0.3) is 0 Å². The van der Waals surface area contributed by atoms with Gasteiger partial charge >= 0.3 is 6.18 Å². The highest BCUT2D eigenvalue weighted by molar-refractivity contribution is 6.10. The summed E-state index contributed by atoms with van der Waals surface area (Å²) in [5, 5.41) is 7.58. The molecule has 0 bridgehead atoms. The molecule has 26 heavy (non-hydrogen) atoms. The highest BCUT2D eigenvalue weighted by atomic mass is 19.4. The van der Waals surface area contributed by atoms with Gasteiger partial charge in [0.15, 0.2) is 0 Å². The van der Waals surface area contributed by atoms with E-state index in [-0.39, 0.29) is 5.95 Å². The van der Waals surface area contributed by atoms with Crippen LogP contribution in [-0.2, 0) is 6.42 Å². The molecule has 2 N–H and O–H groups in total. The van der Waals surface area contributed by atoms with Crippen molar-refractivity contribution >= 4 is 22.7 Å². The van der Waals surface area contributed by atoms with Crippen molar-refractivity contribution in [3.8, 4) is 0 Å². The predicted octanol–water partition coefficient (Wildman–Crippen LogP) is 3.02. The molecule has 10 heteroatoms. The van der Waals surface area contributed by atoms with Crippen molar-refractivity contribution in [1.82, 2.24) is 24.6 Å². The second-order valence-corrected chi connectivity index (χ2v) is 6.26. The number of nitrogens with one attached hydrogen (secondary N) is 2. The van der Waals surface area contributed by atoms with Crippen LogP contribution in [0.4, 0.5) is 19.1 Å². The Bertz CT molecular complexity index is 999. The zero-order valence-electron chi connectivity index (χ0n) is 14.1. The van der Waals surface area contributed by atoms with E-state index in [4.69, 9.17) is 0 Å². The quantitative estimate of drug-likeness (QED) is 0.749. The molecule has 136 valence electrons. The Hall–Kier alpha value is -2.91. The lowest BCUT2D eigenvalue weighted by Crippen LogP contribution is -2.33. The van der Waals surface area contributed by atoms with E-state index < -0.39 is 12.2 Å². The molecule has 1 aliphatic heterocycles. The lowest BCUT2D eigenvalue weighted by atomic mass is 10.1. The molecule has 7 nitrogen and oxygen atoms in total. The van der Waals surface area contributed by atoms with Crippen LogP contribution in [0, 0.1) is 6.92 Å². The van der Waals surface area contributed by atoms with Crippen LogP contribution in [0.3, 0.4) is 0 Å². The molecular weight excluding hydrogens is 347 g/mol. The van der Waals surface area contributed by atoms with Crippen LogP contribution >= 0.6 is 0 Å². The SMILES string of the molecule is Cc1cn2c(n1)CCC(c1c[nH]c3nc(N[C@@H](C)C(F)(F)F)ncc13)=N2. The van der Waals surface area contributed by atoms with Crippen molar-refractivity contribution in [1.29, 1.82) is 0 Å². The van der Waals surface area contributed by atoms with Crippen molar-refractivity contribution in [2.24, 2.45) is 5.10 Å². The number of hydrogen-bond acceptors (Lipinski definition) is 5. The van der Waals surface area contributed by atoms with Crippen LogP contribution < -0.4 is 5.32 Å². The summed E-state index contributed by atoms with van der Waals surface area (Å²) in [5.74, 6) is 0.837. The third-order valence-electron chi connectivity index (χ3n) is 4.27. The Labute approximate surface area is 146 Å². The average molecular weight is 363 g/mol. The lowest BCUT2D eigenvalue weighted by Gasteiger charge is -2.16. The zero-order valence-corrected chi connectivity index (χ0v) is 14.1. The van der Waals surface area contributed by atoms with Gasteiger partial charge in [0.2, 0.25) is 5.95 Å². The predicted molar refractivity (Wildman–Crippen MR) is 90.2 cm³/mol. The molecule has 1 aliphatic rings. The smallest absolute Gasteiger partial charge is 0.345 e. The minimum absolute atomic E-state index is 0.0752. The molecule has 1 atom stereocenters. The van der Waals surface area contributed by atoms with Crippen molar-refractivity contribution < 1.29 is 13.2 Å². The van der Waals surface area contributed by atoms with Gasteiger partial charge in [-0.15, -0.1) is 0 Å². The fourth-order valence-corrected chi connectivity index (χ4v) is 2.88. The molecule has 4 rings (SSSR count). The summed E-state index contributed by atoms with van der Waals surface area (Å²) in [6, 6.07) is -1.74. The molecule has 0 amide bonds. The number of aryl methyl sites for hydroxylation is 2. The normalized spacial score (nSPS) is 15.7. The number of fused-ring (bicyclic) bond motifs is 2. The number of aromatic amines is 1. The molecule has 0 saturated heterocycles. The molecule has 0 aliphatic carbocycles. The molecule has 0 saturated carbocycles. The largest absolute Gasteiger partial charge is 0.408 e. The number of rotatable bonds is 3. The summed E-state index contributed by atoms with van der Waals surface area (Å²) in [6.07, 6.45) is 2.25. The Kier molecular flexibility index (Phi) is 3.70. The van der Waals surface area contributed by atoms with Crippen LogP contribution in [0.1, 0.15) is 30.4 Å². The summed E-state index contributed by atoms with van der Waals surface area (Å²) in [4.78, 5) is 15.6. The highest BCUT2D eigenvalue weighted by Gasteiger charge is 2.36. The van der Waals surface area contributed by atoms with E-state index in [2.05, 4.69) is 30.4 Å². The first-order valence-corrected chi connectivity index (χ1v) is 8.12. The van der Waals surface area contributed by atoms with Crippen LogP contribution in [0.5, 0.6) is 0 Å². The van der Waals surface area contributed by atoms with Gasteiger partial charge in [-0.25, -0.2) is 14.6 Å². The van der Waals surface area contributed by atoms with E-state index in [9.17, 15) is 13.2 Å². The first-order chi connectivity index (χ1) is 12.3. The maximum absolute atomic E-state index is 12.7. The number of hydrogen-bond donors (Lipinski definition) is 2. The average Bonchev–Trinajstić information content (AvgIpc) is 3.14. The van der Waals surface area contributed by atoms with Gasteiger partial charge in [0, 0.05) is 29.8 Å². The second kappa shape index (κ2) is 5.82. The number of anilines is 1. The fraction of sp³-hybridized carbons (Fsp3) is 0.375. The van der Waals surface area contributed by atoms with Gasteiger partial charge in [-0.05, 0) is 20.3 Å². The monoisotopic (exact) mass is 363 g/mol. The maximum atomic E-state index is 12.7. The third kappa shape index (κ3) is 2.91. The Balaban J connectivity index is 1.65. The van der Waals surface area contributed by atoms with Gasteiger partial charge < -0.3 is 10.3 Å². The van der Waals surface area contributed by atoms with Crippen LogP contribution in [0.25, 0.3) is 11.0 Å². The van der Waals surface area contributed by atoms with Gasteiger partial charge in [0.1, 0.15) is 17.5 Å². The summed E-state index contributed by atoms with van der Waals surface area (Å²) < 4.78 is 39.8. The highest BCUT2D eigenvalue weighted by Crippen LogP contribution is 2.25. The van der Waals surface area contributed by atoms with Crippen LogP contribution in [0.15, 0.2) is 23.7 Å². The van der Waals surface area contributed by atoms with Crippen molar-refractivity contribution in [3.63, 3.8) is 0 Å². The number of aromatic nitrogens is 5. The van der Waals surface area contributed by atoms with Crippen molar-refractivity contribution in [2.75, 3.05) is 5.32 Å². The van der Waals surface area contributed by atoms with Gasteiger partial charge in [-0.1, -0.05) is 0 Å². The first-order valence-electron chi connectivity index (χ1n) is 8.12. The zero-order chi connectivity index (χ0) is 18.5. The number of H-pyrrole nitrogens is 1. The van der Waals surface area contributed by atoms with Crippen molar-refractivity contribution in [3.05, 3.63) is 35.7 Å². The molecule has 4 heterocycles. The van der Waals surface area contributed by atoms with Gasteiger partial charge in [0.05, 0.1) is 17.6 Å². The Morgan fingerprint density at radius 3 is 2.85 bits per heavy atom. The number of halogens is 3. The van der Waals surface area contributed by atoms with Gasteiger partial charge in [-0.2, -0.15) is 23.3 Å². The fourth-order valence-electron chi connectivity index (χ4n) is 2.88. The first kappa shape index (κ1) is 16.6. The topological polar surface area (TPSA) is 83.8 Å². The molecule has 0 aromatic carbocycles. The second-order valence-electron chi connectivity index (χ2n) is 6.26. The molecule has 0 fully saturated rings. The van der Waals surface area contributed by atoms with E-state index >= 15 is 0 Å². The molecule has 3 aromatic heterocycles. The number of alkyl halides is 3. The maximum Gasteiger partial charge on any atom is 0.408 e. The van der Waals surface area contributed by atoms with Gasteiger partial charge in [-0.3, -0.25) is 0 Å². The summed E-state index contributed by atoms with van der Waals surface area (Å²) >= 11 is 0.